The van der Waals surface area contributed by atoms with Crippen LogP contribution in [0.25, 0.3) is 0 Å². The van der Waals surface area contributed by atoms with E-state index in [0.717, 1.165) is 13.1 Å². The van der Waals surface area contributed by atoms with Crippen LogP contribution in [0.2, 0.25) is 0 Å². The van der Waals surface area contributed by atoms with Gasteiger partial charge in [-0.1, -0.05) is 35.5 Å². The van der Waals surface area contributed by atoms with E-state index in [1.54, 1.807) is 0 Å². The monoisotopic (exact) mass is 272 g/mol. The van der Waals surface area contributed by atoms with Gasteiger partial charge in [-0.25, -0.2) is 0 Å². The summed E-state index contributed by atoms with van der Waals surface area (Å²) in [6.07, 6.45) is 0. The van der Waals surface area contributed by atoms with Crippen molar-refractivity contribution in [2.75, 3.05) is 19.6 Å². The van der Waals surface area contributed by atoms with Crippen molar-refractivity contribution in [2.24, 2.45) is 11.7 Å². The smallest absolute Gasteiger partial charge is 0.240 e. The van der Waals surface area contributed by atoms with E-state index in [1.807, 2.05) is 6.92 Å². The average Bonchev–Trinajstić information content (AvgIpc) is 3.06. The minimum Gasteiger partial charge on any atom is -0.338 e. The van der Waals surface area contributed by atoms with Crippen molar-refractivity contribution in [3.63, 3.8) is 0 Å². The maximum Gasteiger partial charge on any atom is 0.240 e. The summed E-state index contributed by atoms with van der Waals surface area (Å²) < 4.78 is 5.20. The molecular formula is C15H20N4O. The van der Waals surface area contributed by atoms with Gasteiger partial charge < -0.3 is 10.3 Å². The molecule has 1 aliphatic heterocycles. The molecule has 2 atom stereocenters. The summed E-state index contributed by atoms with van der Waals surface area (Å²) in [6.45, 7) is 5.23. The first-order valence-corrected chi connectivity index (χ1v) is 7.03. The van der Waals surface area contributed by atoms with E-state index in [-0.39, 0.29) is 0 Å². The van der Waals surface area contributed by atoms with Gasteiger partial charge in [-0.3, -0.25) is 4.90 Å². The summed E-state index contributed by atoms with van der Waals surface area (Å²) in [6, 6.07) is 10.6. The van der Waals surface area contributed by atoms with Gasteiger partial charge in [0, 0.05) is 19.0 Å². The van der Waals surface area contributed by atoms with Gasteiger partial charge in [-0.05, 0) is 24.9 Å². The number of nitrogens with two attached hydrogens (primary N) is 1. The third-order valence-corrected chi connectivity index (χ3v) is 3.98. The van der Waals surface area contributed by atoms with Gasteiger partial charge in [-0.2, -0.15) is 4.98 Å². The SMILES string of the molecule is Cc1noc(CN2C[C@@H](CN)[C@H](c3ccccc3)C2)n1. The lowest BCUT2D eigenvalue weighted by Crippen LogP contribution is -2.23. The molecule has 1 aromatic heterocycles. The average molecular weight is 272 g/mol. The standard InChI is InChI=1S/C15H20N4O/c1-11-17-15(20-18-11)10-19-8-13(7-16)14(9-19)12-5-3-2-4-6-12/h2-6,13-14H,7-10,16H2,1H3/t13-,14+/m1/s1. The molecular weight excluding hydrogens is 252 g/mol. The van der Waals surface area contributed by atoms with Crippen LogP contribution in [0.1, 0.15) is 23.2 Å². The molecule has 2 aromatic rings. The van der Waals surface area contributed by atoms with Crippen LogP contribution < -0.4 is 5.73 Å². The molecule has 20 heavy (non-hydrogen) atoms. The van der Waals surface area contributed by atoms with E-state index in [0.29, 0.717) is 36.6 Å². The van der Waals surface area contributed by atoms with Crippen molar-refractivity contribution in [1.29, 1.82) is 0 Å². The molecule has 1 fully saturated rings. The van der Waals surface area contributed by atoms with Gasteiger partial charge in [0.2, 0.25) is 5.89 Å². The molecule has 0 spiro atoms. The predicted octanol–water partition coefficient (Wildman–Crippen LogP) is 1.55. The number of aryl methyl sites for hydroxylation is 1. The van der Waals surface area contributed by atoms with E-state index in [2.05, 4.69) is 45.4 Å². The van der Waals surface area contributed by atoms with Gasteiger partial charge in [-0.15, -0.1) is 0 Å². The number of hydrogen-bond acceptors (Lipinski definition) is 5. The first-order valence-electron chi connectivity index (χ1n) is 7.03. The van der Waals surface area contributed by atoms with Crippen molar-refractivity contribution >= 4 is 0 Å². The van der Waals surface area contributed by atoms with Crippen LogP contribution in [0, 0.1) is 12.8 Å². The number of rotatable bonds is 4. The highest BCUT2D eigenvalue weighted by Crippen LogP contribution is 2.32. The lowest BCUT2D eigenvalue weighted by Gasteiger charge is -2.16. The third kappa shape index (κ3) is 2.73. The summed E-state index contributed by atoms with van der Waals surface area (Å²) in [7, 11) is 0. The summed E-state index contributed by atoms with van der Waals surface area (Å²) in [5.41, 5.74) is 7.31. The Labute approximate surface area is 118 Å². The predicted molar refractivity (Wildman–Crippen MR) is 76.0 cm³/mol. The second-order valence-electron chi connectivity index (χ2n) is 5.44. The minimum atomic E-state index is 0.487. The third-order valence-electron chi connectivity index (χ3n) is 3.98. The molecule has 0 bridgehead atoms. The van der Waals surface area contributed by atoms with E-state index in [4.69, 9.17) is 10.3 Å². The lowest BCUT2D eigenvalue weighted by molar-refractivity contribution is 0.259. The lowest BCUT2D eigenvalue weighted by atomic mass is 9.89. The molecule has 1 saturated heterocycles. The Balaban J connectivity index is 1.71. The number of benzene rings is 1. The maximum atomic E-state index is 5.94. The number of aromatic nitrogens is 2. The summed E-state index contributed by atoms with van der Waals surface area (Å²) in [5, 5.41) is 3.84. The van der Waals surface area contributed by atoms with Crippen molar-refractivity contribution in [3.8, 4) is 0 Å². The molecule has 1 aromatic carbocycles. The Hall–Kier alpha value is -1.72. The van der Waals surface area contributed by atoms with E-state index in [9.17, 15) is 0 Å². The molecule has 1 aliphatic rings. The molecule has 0 unspecified atom stereocenters. The number of hydrogen-bond donors (Lipinski definition) is 1. The molecule has 0 radical (unpaired) electrons. The molecule has 2 heterocycles. The Morgan fingerprint density at radius 1 is 1.30 bits per heavy atom. The first-order chi connectivity index (χ1) is 9.76. The van der Waals surface area contributed by atoms with Crippen molar-refractivity contribution in [2.45, 2.75) is 19.4 Å². The fourth-order valence-corrected chi connectivity index (χ4v) is 3.00. The van der Waals surface area contributed by atoms with Gasteiger partial charge in [0.05, 0.1) is 6.54 Å². The fourth-order valence-electron chi connectivity index (χ4n) is 3.00. The van der Waals surface area contributed by atoms with Crippen LogP contribution in [-0.4, -0.2) is 34.7 Å². The van der Waals surface area contributed by atoms with Crippen LogP contribution in [0.4, 0.5) is 0 Å². The topological polar surface area (TPSA) is 68.2 Å². The summed E-state index contributed by atoms with van der Waals surface area (Å²) in [4.78, 5) is 6.62. The number of likely N-dealkylation sites (tertiary alicyclic amines) is 1. The van der Waals surface area contributed by atoms with Gasteiger partial charge >= 0.3 is 0 Å². The Kier molecular flexibility index (Phi) is 3.80. The van der Waals surface area contributed by atoms with Gasteiger partial charge in [0.1, 0.15) is 0 Å². The van der Waals surface area contributed by atoms with Crippen LogP contribution >= 0.6 is 0 Å². The molecule has 0 amide bonds. The molecule has 106 valence electrons. The highest BCUT2D eigenvalue weighted by Gasteiger charge is 2.33. The van der Waals surface area contributed by atoms with Gasteiger partial charge in [0.15, 0.2) is 5.82 Å². The summed E-state index contributed by atoms with van der Waals surface area (Å²) in [5.74, 6) is 2.35. The zero-order valence-electron chi connectivity index (χ0n) is 11.7. The Morgan fingerprint density at radius 3 is 2.75 bits per heavy atom. The second kappa shape index (κ2) is 5.73. The summed E-state index contributed by atoms with van der Waals surface area (Å²) >= 11 is 0. The highest BCUT2D eigenvalue weighted by molar-refractivity contribution is 5.22. The van der Waals surface area contributed by atoms with E-state index >= 15 is 0 Å². The molecule has 5 nitrogen and oxygen atoms in total. The zero-order valence-corrected chi connectivity index (χ0v) is 11.7. The fraction of sp³-hybridized carbons (Fsp3) is 0.467. The molecule has 0 aliphatic carbocycles. The largest absolute Gasteiger partial charge is 0.338 e. The van der Waals surface area contributed by atoms with Crippen LogP contribution in [0.15, 0.2) is 34.9 Å². The van der Waals surface area contributed by atoms with Gasteiger partial charge in [0.25, 0.3) is 0 Å². The van der Waals surface area contributed by atoms with Crippen molar-refractivity contribution in [3.05, 3.63) is 47.6 Å². The molecule has 5 heteroatoms. The van der Waals surface area contributed by atoms with Crippen LogP contribution in [-0.2, 0) is 6.54 Å². The zero-order chi connectivity index (χ0) is 13.9. The normalized spacial score (nSPS) is 23.3. The highest BCUT2D eigenvalue weighted by atomic mass is 16.5. The number of nitrogens with zero attached hydrogens (tertiary/aromatic N) is 3. The molecule has 0 saturated carbocycles. The first kappa shape index (κ1) is 13.3. The molecule has 3 rings (SSSR count). The van der Waals surface area contributed by atoms with E-state index in [1.165, 1.54) is 5.56 Å². The minimum absolute atomic E-state index is 0.487. The quantitative estimate of drug-likeness (QED) is 0.914. The van der Waals surface area contributed by atoms with Crippen LogP contribution in [0.5, 0.6) is 0 Å². The second-order valence-corrected chi connectivity index (χ2v) is 5.44. The van der Waals surface area contributed by atoms with Crippen molar-refractivity contribution < 1.29 is 4.52 Å². The Bertz CT molecular complexity index is 554. The van der Waals surface area contributed by atoms with Crippen molar-refractivity contribution in [1.82, 2.24) is 15.0 Å². The Morgan fingerprint density at radius 2 is 2.10 bits per heavy atom. The van der Waals surface area contributed by atoms with Crippen LogP contribution in [0.3, 0.4) is 0 Å². The van der Waals surface area contributed by atoms with E-state index < -0.39 is 0 Å². The maximum absolute atomic E-state index is 5.94. The molecule has 2 N–H and O–H groups in total.